The normalized spacial score (nSPS) is 31.9. The topological polar surface area (TPSA) is 76.4 Å². The molecule has 0 radical (unpaired) electrons. The van der Waals surface area contributed by atoms with Gasteiger partial charge < -0.3 is 15.3 Å². The summed E-state index contributed by atoms with van der Waals surface area (Å²) in [5, 5.41) is 22.6. The number of benzene rings is 1. The van der Waals surface area contributed by atoms with E-state index < -0.39 is 17.7 Å². The van der Waals surface area contributed by atoms with E-state index in [-0.39, 0.29) is 5.91 Å². The van der Waals surface area contributed by atoms with Crippen LogP contribution in [0.2, 0.25) is 0 Å². The van der Waals surface area contributed by atoms with E-state index in [0.717, 1.165) is 11.3 Å². The Labute approximate surface area is 111 Å². The van der Waals surface area contributed by atoms with Crippen LogP contribution >= 0.6 is 0 Å². The fraction of sp³-hybridized carbons (Fsp3) is 0.429. The van der Waals surface area contributed by atoms with Gasteiger partial charge in [0, 0.05) is 19.2 Å². The first-order valence-corrected chi connectivity index (χ1v) is 6.29. The summed E-state index contributed by atoms with van der Waals surface area (Å²) in [6.45, 7) is 1.84. The summed E-state index contributed by atoms with van der Waals surface area (Å²) in [6.07, 6.45) is -0.293. The highest BCUT2D eigenvalue weighted by Crippen LogP contribution is 2.48. The van der Waals surface area contributed by atoms with E-state index in [4.69, 9.17) is 0 Å². The molecule has 1 aromatic rings. The number of hydrogen-bond donors (Lipinski definition) is 2. The maximum absolute atomic E-state index is 11.6. The Morgan fingerprint density at radius 3 is 2.95 bits per heavy atom. The van der Waals surface area contributed by atoms with Crippen LogP contribution in [0.5, 0.6) is 0 Å². The van der Waals surface area contributed by atoms with Crippen LogP contribution in [0.1, 0.15) is 18.9 Å². The van der Waals surface area contributed by atoms with Gasteiger partial charge in [0.15, 0.2) is 0 Å². The number of aliphatic hydroxyl groups excluding tert-OH is 1. The van der Waals surface area contributed by atoms with Gasteiger partial charge in [-0.05, 0) is 18.1 Å². The molecule has 1 amide bonds. The number of hydrogen-bond acceptors (Lipinski definition) is 4. The molecule has 0 aliphatic carbocycles. The van der Waals surface area contributed by atoms with E-state index in [9.17, 15) is 15.2 Å². The minimum atomic E-state index is -0.759. The minimum absolute atomic E-state index is 0.125. The van der Waals surface area contributed by atoms with E-state index in [2.05, 4.69) is 11.4 Å². The number of nitriles is 1. The lowest BCUT2D eigenvalue weighted by atomic mass is 9.79. The third-order valence-corrected chi connectivity index (χ3v) is 4.22. The molecule has 19 heavy (non-hydrogen) atoms. The van der Waals surface area contributed by atoms with Crippen molar-refractivity contribution < 1.29 is 9.90 Å². The Hall–Kier alpha value is -2.06. The standard InChI is InChI=1S/C14H15N3O2/c1-9(18)17-8-14(6-10(17)7-15)11-4-2-3-5-12(11)16-13(14)19/h2-5,10,13,16,19H,6,8H2,1H3/t10-,13?,14-/m0/s1. The van der Waals surface area contributed by atoms with Crippen molar-refractivity contribution in [3.63, 3.8) is 0 Å². The maximum atomic E-state index is 11.6. The van der Waals surface area contributed by atoms with Gasteiger partial charge in [0.25, 0.3) is 0 Å². The van der Waals surface area contributed by atoms with Crippen LogP contribution in [0.25, 0.3) is 0 Å². The third kappa shape index (κ3) is 1.53. The van der Waals surface area contributed by atoms with Gasteiger partial charge in [0.1, 0.15) is 12.3 Å². The SMILES string of the molecule is CC(=O)N1C[C@@]2(C[C@H]1C#N)c1ccccc1NC2O. The lowest BCUT2D eigenvalue weighted by Crippen LogP contribution is -2.42. The van der Waals surface area contributed by atoms with Gasteiger partial charge in [-0.1, -0.05) is 18.2 Å². The third-order valence-electron chi connectivity index (χ3n) is 4.22. The van der Waals surface area contributed by atoms with Crippen LogP contribution in [0, 0.1) is 11.3 Å². The smallest absolute Gasteiger partial charge is 0.220 e. The number of para-hydroxylation sites is 1. The van der Waals surface area contributed by atoms with Crippen LogP contribution in [0.15, 0.2) is 24.3 Å². The van der Waals surface area contributed by atoms with Gasteiger partial charge >= 0.3 is 0 Å². The number of aliphatic hydroxyl groups is 1. The Kier molecular flexibility index (Phi) is 2.51. The van der Waals surface area contributed by atoms with Crippen molar-refractivity contribution in [2.24, 2.45) is 0 Å². The molecule has 5 nitrogen and oxygen atoms in total. The number of carbonyl (C=O) groups is 1. The van der Waals surface area contributed by atoms with Gasteiger partial charge in [0.05, 0.1) is 11.5 Å². The summed E-state index contributed by atoms with van der Waals surface area (Å²) in [6, 6.07) is 9.37. The fourth-order valence-corrected chi connectivity index (χ4v) is 3.25. The first-order chi connectivity index (χ1) is 9.08. The van der Waals surface area contributed by atoms with Crippen LogP contribution in [0.4, 0.5) is 5.69 Å². The van der Waals surface area contributed by atoms with Crippen molar-refractivity contribution >= 4 is 11.6 Å². The van der Waals surface area contributed by atoms with Crippen LogP contribution in [0.3, 0.4) is 0 Å². The molecule has 2 aliphatic rings. The highest BCUT2D eigenvalue weighted by Gasteiger charge is 2.54. The Balaban J connectivity index is 2.06. The monoisotopic (exact) mass is 257 g/mol. The molecular formula is C14H15N3O2. The zero-order chi connectivity index (χ0) is 13.6. The number of nitrogens with zero attached hydrogens (tertiary/aromatic N) is 2. The number of carbonyl (C=O) groups excluding carboxylic acids is 1. The van der Waals surface area contributed by atoms with Crippen LogP contribution < -0.4 is 5.32 Å². The van der Waals surface area contributed by atoms with Crippen LogP contribution in [-0.4, -0.2) is 34.7 Å². The number of anilines is 1. The molecule has 3 atom stereocenters. The summed E-state index contributed by atoms with van der Waals surface area (Å²) in [5.74, 6) is -0.125. The average molecular weight is 257 g/mol. The first kappa shape index (κ1) is 12.0. The van der Waals surface area contributed by atoms with Crippen molar-refractivity contribution in [3.05, 3.63) is 29.8 Å². The van der Waals surface area contributed by atoms with Gasteiger partial charge in [-0.25, -0.2) is 0 Å². The molecule has 5 heteroatoms. The molecule has 2 heterocycles. The Morgan fingerprint density at radius 1 is 1.58 bits per heavy atom. The predicted molar refractivity (Wildman–Crippen MR) is 69.2 cm³/mol. The molecule has 0 saturated carbocycles. The summed E-state index contributed by atoms with van der Waals surface area (Å²) < 4.78 is 0. The van der Waals surface area contributed by atoms with Gasteiger partial charge in [-0.15, -0.1) is 0 Å². The second kappa shape index (κ2) is 3.97. The summed E-state index contributed by atoms with van der Waals surface area (Å²) in [5.41, 5.74) is 1.31. The molecule has 1 fully saturated rings. The lowest BCUT2D eigenvalue weighted by Gasteiger charge is -2.27. The van der Waals surface area contributed by atoms with Gasteiger partial charge in [0.2, 0.25) is 5.91 Å². The quantitative estimate of drug-likeness (QED) is 0.721. The molecule has 0 bridgehead atoms. The maximum Gasteiger partial charge on any atom is 0.220 e. The van der Waals surface area contributed by atoms with Crippen molar-refractivity contribution in [3.8, 4) is 6.07 Å². The molecule has 3 rings (SSSR count). The summed E-state index contributed by atoms with van der Waals surface area (Å²) in [4.78, 5) is 13.2. The minimum Gasteiger partial charge on any atom is -0.373 e. The highest BCUT2D eigenvalue weighted by atomic mass is 16.3. The molecule has 98 valence electrons. The van der Waals surface area contributed by atoms with Crippen molar-refractivity contribution in [2.45, 2.75) is 31.0 Å². The molecule has 1 saturated heterocycles. The highest BCUT2D eigenvalue weighted by molar-refractivity contribution is 5.75. The Bertz CT molecular complexity index is 580. The number of fused-ring (bicyclic) bond motifs is 2. The molecule has 0 aromatic heterocycles. The predicted octanol–water partition coefficient (Wildman–Crippen LogP) is 0.813. The van der Waals surface area contributed by atoms with E-state index in [1.54, 1.807) is 4.90 Å². The van der Waals surface area contributed by atoms with E-state index in [1.165, 1.54) is 6.92 Å². The van der Waals surface area contributed by atoms with Crippen molar-refractivity contribution in [2.75, 3.05) is 11.9 Å². The summed E-state index contributed by atoms with van der Waals surface area (Å²) >= 11 is 0. The molecule has 2 N–H and O–H groups in total. The largest absolute Gasteiger partial charge is 0.373 e. The van der Waals surface area contributed by atoms with E-state index in [0.29, 0.717) is 13.0 Å². The van der Waals surface area contributed by atoms with Crippen LogP contribution in [-0.2, 0) is 10.2 Å². The number of likely N-dealkylation sites (tertiary alicyclic amines) is 1. The lowest BCUT2D eigenvalue weighted by molar-refractivity contribution is -0.129. The van der Waals surface area contributed by atoms with Gasteiger partial charge in [-0.3, -0.25) is 4.79 Å². The number of amides is 1. The van der Waals surface area contributed by atoms with E-state index >= 15 is 0 Å². The first-order valence-electron chi connectivity index (χ1n) is 6.29. The summed E-state index contributed by atoms with van der Waals surface area (Å²) in [7, 11) is 0. The number of nitrogens with one attached hydrogen (secondary N) is 1. The zero-order valence-corrected chi connectivity index (χ0v) is 10.6. The van der Waals surface area contributed by atoms with Gasteiger partial charge in [-0.2, -0.15) is 5.26 Å². The molecule has 1 aromatic carbocycles. The Morgan fingerprint density at radius 2 is 2.32 bits per heavy atom. The molecule has 1 unspecified atom stereocenters. The van der Waals surface area contributed by atoms with Crippen molar-refractivity contribution in [1.82, 2.24) is 4.90 Å². The number of rotatable bonds is 0. The van der Waals surface area contributed by atoms with Crippen molar-refractivity contribution in [1.29, 1.82) is 5.26 Å². The second-order valence-electron chi connectivity index (χ2n) is 5.24. The molecule has 2 aliphatic heterocycles. The molecule has 1 spiro atoms. The fourth-order valence-electron chi connectivity index (χ4n) is 3.25. The average Bonchev–Trinajstić information content (AvgIpc) is 2.91. The zero-order valence-electron chi connectivity index (χ0n) is 10.6. The second-order valence-corrected chi connectivity index (χ2v) is 5.24. The van der Waals surface area contributed by atoms with E-state index in [1.807, 2.05) is 24.3 Å². The molecular weight excluding hydrogens is 242 g/mol.